The SMILES string of the molecule is Cc1ccc(O)c(C(=O)N2CCOC(CC(=O)O)C2)c1. The zero-order chi connectivity index (χ0) is 14.7. The van der Waals surface area contributed by atoms with Gasteiger partial charge in [-0.3, -0.25) is 9.59 Å². The summed E-state index contributed by atoms with van der Waals surface area (Å²) in [7, 11) is 0. The van der Waals surface area contributed by atoms with Crippen molar-refractivity contribution in [1.29, 1.82) is 0 Å². The highest BCUT2D eigenvalue weighted by Crippen LogP contribution is 2.21. The van der Waals surface area contributed by atoms with Crippen molar-refractivity contribution in [3.05, 3.63) is 29.3 Å². The zero-order valence-corrected chi connectivity index (χ0v) is 11.2. The van der Waals surface area contributed by atoms with E-state index in [4.69, 9.17) is 9.84 Å². The monoisotopic (exact) mass is 279 g/mol. The lowest BCUT2D eigenvalue weighted by Gasteiger charge is -2.32. The van der Waals surface area contributed by atoms with Gasteiger partial charge in [-0.15, -0.1) is 0 Å². The van der Waals surface area contributed by atoms with Gasteiger partial charge in [0, 0.05) is 13.1 Å². The Morgan fingerprint density at radius 1 is 1.45 bits per heavy atom. The molecule has 1 saturated heterocycles. The van der Waals surface area contributed by atoms with Gasteiger partial charge in [-0.2, -0.15) is 0 Å². The van der Waals surface area contributed by atoms with Crippen molar-refractivity contribution in [3.63, 3.8) is 0 Å². The number of phenolic OH excluding ortho intramolecular Hbond substituents is 1. The Labute approximate surface area is 116 Å². The lowest BCUT2D eigenvalue weighted by Crippen LogP contribution is -2.46. The first kappa shape index (κ1) is 14.3. The summed E-state index contributed by atoms with van der Waals surface area (Å²) < 4.78 is 5.32. The van der Waals surface area contributed by atoms with E-state index in [1.54, 1.807) is 12.1 Å². The van der Waals surface area contributed by atoms with Gasteiger partial charge >= 0.3 is 5.97 Å². The molecule has 20 heavy (non-hydrogen) atoms. The number of hydrogen-bond acceptors (Lipinski definition) is 4. The molecular weight excluding hydrogens is 262 g/mol. The first-order valence-corrected chi connectivity index (χ1v) is 6.39. The molecule has 1 aliphatic heterocycles. The van der Waals surface area contributed by atoms with Gasteiger partial charge in [0.2, 0.25) is 0 Å². The van der Waals surface area contributed by atoms with E-state index in [1.807, 2.05) is 6.92 Å². The standard InChI is InChI=1S/C14H17NO5/c1-9-2-3-12(16)11(6-9)14(19)15-4-5-20-10(8-15)7-13(17)18/h2-3,6,10,16H,4-5,7-8H2,1H3,(H,17,18). The summed E-state index contributed by atoms with van der Waals surface area (Å²) in [4.78, 5) is 24.6. The Bertz CT molecular complexity index is 528. The van der Waals surface area contributed by atoms with Gasteiger partial charge in [0.1, 0.15) is 5.75 Å². The van der Waals surface area contributed by atoms with E-state index >= 15 is 0 Å². The van der Waals surface area contributed by atoms with Crippen LogP contribution < -0.4 is 0 Å². The summed E-state index contributed by atoms with van der Waals surface area (Å²) in [5.74, 6) is -1.32. The Balaban J connectivity index is 2.12. The third-order valence-electron chi connectivity index (χ3n) is 3.21. The second-order valence-electron chi connectivity index (χ2n) is 4.86. The quantitative estimate of drug-likeness (QED) is 0.862. The molecule has 2 rings (SSSR count). The number of aryl methyl sites for hydroxylation is 1. The molecule has 1 aliphatic rings. The number of morpholine rings is 1. The van der Waals surface area contributed by atoms with E-state index in [2.05, 4.69) is 0 Å². The maximum atomic E-state index is 12.4. The number of rotatable bonds is 3. The van der Waals surface area contributed by atoms with Gasteiger partial charge in [0.05, 0.1) is 24.7 Å². The fourth-order valence-electron chi connectivity index (χ4n) is 2.21. The summed E-state index contributed by atoms with van der Waals surface area (Å²) in [6, 6.07) is 4.83. The van der Waals surface area contributed by atoms with Crippen LogP contribution in [0, 0.1) is 6.92 Å². The molecule has 6 heteroatoms. The van der Waals surface area contributed by atoms with Gasteiger partial charge in [-0.1, -0.05) is 11.6 Å². The second-order valence-corrected chi connectivity index (χ2v) is 4.86. The molecule has 0 saturated carbocycles. The van der Waals surface area contributed by atoms with Crippen LogP contribution in [0.3, 0.4) is 0 Å². The van der Waals surface area contributed by atoms with Crippen LogP contribution in [0.1, 0.15) is 22.3 Å². The van der Waals surface area contributed by atoms with Crippen molar-refractivity contribution in [2.75, 3.05) is 19.7 Å². The van der Waals surface area contributed by atoms with Gasteiger partial charge in [0.25, 0.3) is 5.91 Å². The summed E-state index contributed by atoms with van der Waals surface area (Å²) in [5.41, 5.74) is 1.11. The zero-order valence-electron chi connectivity index (χ0n) is 11.2. The molecule has 1 amide bonds. The number of amides is 1. The Morgan fingerprint density at radius 3 is 2.90 bits per heavy atom. The van der Waals surface area contributed by atoms with E-state index in [-0.39, 0.29) is 30.2 Å². The highest BCUT2D eigenvalue weighted by atomic mass is 16.5. The Kier molecular flexibility index (Phi) is 4.24. The number of benzene rings is 1. The minimum absolute atomic E-state index is 0.0677. The van der Waals surface area contributed by atoms with Crippen LogP contribution >= 0.6 is 0 Å². The lowest BCUT2D eigenvalue weighted by molar-refractivity contribution is -0.141. The van der Waals surface area contributed by atoms with Crippen LogP contribution in [0.15, 0.2) is 18.2 Å². The molecule has 0 bridgehead atoms. The van der Waals surface area contributed by atoms with Crippen molar-refractivity contribution >= 4 is 11.9 Å². The molecule has 0 aromatic heterocycles. The van der Waals surface area contributed by atoms with E-state index < -0.39 is 12.1 Å². The van der Waals surface area contributed by atoms with Crippen molar-refractivity contribution in [3.8, 4) is 5.75 Å². The number of aromatic hydroxyl groups is 1. The third kappa shape index (κ3) is 3.27. The summed E-state index contributed by atoms with van der Waals surface area (Å²) in [5, 5.41) is 18.5. The number of nitrogens with zero attached hydrogens (tertiary/aromatic N) is 1. The number of ether oxygens (including phenoxy) is 1. The normalized spacial score (nSPS) is 18.9. The molecule has 1 unspecified atom stereocenters. The van der Waals surface area contributed by atoms with Gasteiger partial charge in [0.15, 0.2) is 0 Å². The molecular formula is C14H17NO5. The smallest absolute Gasteiger partial charge is 0.306 e. The lowest BCUT2D eigenvalue weighted by atomic mass is 10.1. The minimum Gasteiger partial charge on any atom is -0.507 e. The number of carboxylic acids is 1. The van der Waals surface area contributed by atoms with Crippen LogP contribution in [0.5, 0.6) is 5.75 Å². The van der Waals surface area contributed by atoms with Crippen LogP contribution in [0.25, 0.3) is 0 Å². The average molecular weight is 279 g/mol. The highest BCUT2D eigenvalue weighted by Gasteiger charge is 2.27. The van der Waals surface area contributed by atoms with Gasteiger partial charge in [-0.05, 0) is 19.1 Å². The number of carbonyl (C=O) groups is 2. The molecule has 1 atom stereocenters. The average Bonchev–Trinajstić information content (AvgIpc) is 2.40. The number of aliphatic carboxylic acids is 1. The van der Waals surface area contributed by atoms with Crippen LogP contribution in [0.2, 0.25) is 0 Å². The van der Waals surface area contributed by atoms with Crippen molar-refractivity contribution in [1.82, 2.24) is 4.90 Å². The van der Waals surface area contributed by atoms with Crippen LogP contribution in [0.4, 0.5) is 0 Å². The van der Waals surface area contributed by atoms with E-state index in [9.17, 15) is 14.7 Å². The summed E-state index contributed by atoms with van der Waals surface area (Å²) in [6.07, 6.45) is -0.638. The number of hydrogen-bond donors (Lipinski definition) is 2. The summed E-state index contributed by atoms with van der Waals surface area (Å²) >= 11 is 0. The Hall–Kier alpha value is -2.08. The van der Waals surface area contributed by atoms with Crippen molar-refractivity contribution in [2.24, 2.45) is 0 Å². The minimum atomic E-state index is -0.956. The van der Waals surface area contributed by atoms with Crippen molar-refractivity contribution < 1.29 is 24.5 Å². The molecule has 0 radical (unpaired) electrons. The molecule has 0 spiro atoms. The number of phenols is 1. The maximum Gasteiger partial charge on any atom is 0.306 e. The second kappa shape index (κ2) is 5.92. The largest absolute Gasteiger partial charge is 0.507 e. The Morgan fingerprint density at radius 2 is 2.20 bits per heavy atom. The first-order chi connectivity index (χ1) is 9.47. The maximum absolute atomic E-state index is 12.4. The summed E-state index contributed by atoms with van der Waals surface area (Å²) in [6.45, 7) is 2.75. The molecule has 108 valence electrons. The van der Waals surface area contributed by atoms with Crippen molar-refractivity contribution in [2.45, 2.75) is 19.4 Å². The topological polar surface area (TPSA) is 87.1 Å². The fourth-order valence-corrected chi connectivity index (χ4v) is 2.21. The predicted molar refractivity (Wildman–Crippen MR) is 70.7 cm³/mol. The molecule has 1 fully saturated rings. The van der Waals surface area contributed by atoms with E-state index in [0.29, 0.717) is 13.2 Å². The molecule has 2 N–H and O–H groups in total. The van der Waals surface area contributed by atoms with Crippen LogP contribution in [-0.4, -0.2) is 52.8 Å². The van der Waals surface area contributed by atoms with Gasteiger partial charge < -0.3 is 19.8 Å². The number of carboxylic acid groups (broad SMARTS) is 1. The highest BCUT2D eigenvalue weighted by molar-refractivity contribution is 5.97. The molecule has 6 nitrogen and oxygen atoms in total. The predicted octanol–water partition coefficient (Wildman–Crippen LogP) is 1.02. The van der Waals surface area contributed by atoms with E-state index in [0.717, 1.165) is 5.56 Å². The van der Waals surface area contributed by atoms with Crippen LogP contribution in [-0.2, 0) is 9.53 Å². The molecule has 1 heterocycles. The molecule has 0 aliphatic carbocycles. The van der Waals surface area contributed by atoms with E-state index in [1.165, 1.54) is 11.0 Å². The molecule has 1 aromatic rings. The van der Waals surface area contributed by atoms with Gasteiger partial charge in [-0.25, -0.2) is 0 Å². The number of carbonyl (C=O) groups excluding carboxylic acids is 1. The fraction of sp³-hybridized carbons (Fsp3) is 0.429. The molecule has 1 aromatic carbocycles. The third-order valence-corrected chi connectivity index (χ3v) is 3.21. The first-order valence-electron chi connectivity index (χ1n) is 6.39.